The van der Waals surface area contributed by atoms with Gasteiger partial charge in [-0.2, -0.15) is 0 Å². The number of aliphatic imine (C=N–C) groups is 1. The molecule has 4 nitrogen and oxygen atoms in total. The zero-order chi connectivity index (χ0) is 11.0. The average Bonchev–Trinajstić information content (AvgIpc) is 2.45. The summed E-state index contributed by atoms with van der Waals surface area (Å²) in [7, 11) is 0. The van der Waals surface area contributed by atoms with Crippen molar-refractivity contribution in [2.24, 2.45) is 10.9 Å². The molecule has 16 heavy (non-hydrogen) atoms. The number of hydrogen-bond donors (Lipinski definition) is 2. The second kappa shape index (κ2) is 3.72. The lowest BCUT2D eigenvalue weighted by Gasteiger charge is -2.22. The van der Waals surface area contributed by atoms with Gasteiger partial charge in [0, 0.05) is 18.8 Å². The molecule has 1 atom stereocenters. The first-order valence-electron chi connectivity index (χ1n) is 5.52. The molecule has 1 fully saturated rings. The van der Waals surface area contributed by atoms with Crippen LogP contribution in [0.25, 0.3) is 0 Å². The van der Waals surface area contributed by atoms with E-state index < -0.39 is 0 Å². The highest BCUT2D eigenvalue weighted by Crippen LogP contribution is 2.29. The molecular formula is C12H13N3O. The third-order valence-electron chi connectivity index (χ3n) is 3.05. The molecule has 2 heterocycles. The van der Waals surface area contributed by atoms with E-state index in [-0.39, 0.29) is 11.8 Å². The molecule has 0 spiro atoms. The molecule has 3 rings (SSSR count). The Kier molecular flexibility index (Phi) is 2.22. The number of carbonyl (C=O) groups excluding carboxylic acids is 1. The summed E-state index contributed by atoms with van der Waals surface area (Å²) >= 11 is 0. The molecule has 0 aromatic heterocycles. The minimum atomic E-state index is -0.110. The molecular weight excluding hydrogens is 202 g/mol. The number of para-hydroxylation sites is 2. The topological polar surface area (TPSA) is 53.5 Å². The molecule has 1 aromatic carbocycles. The number of hydrogen-bond acceptors (Lipinski definition) is 3. The summed E-state index contributed by atoms with van der Waals surface area (Å²) in [4.78, 5) is 16.6. The van der Waals surface area contributed by atoms with Gasteiger partial charge in [0.05, 0.1) is 17.3 Å². The molecule has 0 aliphatic carbocycles. The minimum Gasteiger partial charge on any atom is -0.324 e. The summed E-state index contributed by atoms with van der Waals surface area (Å²) in [6, 6.07) is 7.68. The zero-order valence-electron chi connectivity index (χ0n) is 8.86. The van der Waals surface area contributed by atoms with E-state index in [1.165, 1.54) is 0 Å². The third-order valence-corrected chi connectivity index (χ3v) is 3.05. The van der Waals surface area contributed by atoms with Gasteiger partial charge in [-0.25, -0.2) is 0 Å². The molecule has 1 amide bonds. The van der Waals surface area contributed by atoms with Gasteiger partial charge in [0.1, 0.15) is 0 Å². The first-order chi connectivity index (χ1) is 7.84. The van der Waals surface area contributed by atoms with Crippen molar-refractivity contribution in [1.82, 2.24) is 5.32 Å². The number of fused-ring (bicyclic) bond motifs is 2. The van der Waals surface area contributed by atoms with Crippen LogP contribution >= 0.6 is 0 Å². The van der Waals surface area contributed by atoms with E-state index >= 15 is 0 Å². The molecule has 1 saturated heterocycles. The second-order valence-corrected chi connectivity index (χ2v) is 4.12. The highest BCUT2D eigenvalue weighted by atomic mass is 16.2. The van der Waals surface area contributed by atoms with Gasteiger partial charge in [-0.3, -0.25) is 9.79 Å². The minimum absolute atomic E-state index is 0.0518. The SMILES string of the molecule is O=C1Nc2ccccc2N=C2CCNCC12. The second-order valence-electron chi connectivity index (χ2n) is 4.12. The van der Waals surface area contributed by atoms with E-state index in [2.05, 4.69) is 15.6 Å². The van der Waals surface area contributed by atoms with Gasteiger partial charge >= 0.3 is 0 Å². The van der Waals surface area contributed by atoms with Gasteiger partial charge in [-0.1, -0.05) is 12.1 Å². The summed E-state index contributed by atoms with van der Waals surface area (Å²) in [5.74, 6) is -0.0583. The maximum atomic E-state index is 12.0. The van der Waals surface area contributed by atoms with E-state index in [1.54, 1.807) is 0 Å². The lowest BCUT2D eigenvalue weighted by molar-refractivity contribution is -0.118. The van der Waals surface area contributed by atoms with Crippen molar-refractivity contribution < 1.29 is 4.79 Å². The predicted molar refractivity (Wildman–Crippen MR) is 63.1 cm³/mol. The van der Waals surface area contributed by atoms with Crippen molar-refractivity contribution in [1.29, 1.82) is 0 Å². The molecule has 0 saturated carbocycles. The quantitative estimate of drug-likeness (QED) is 0.685. The Labute approximate surface area is 93.8 Å². The molecule has 0 radical (unpaired) electrons. The van der Waals surface area contributed by atoms with Crippen molar-refractivity contribution in [2.45, 2.75) is 6.42 Å². The highest BCUT2D eigenvalue weighted by Gasteiger charge is 2.29. The Bertz CT molecular complexity index is 467. The third kappa shape index (κ3) is 1.51. The van der Waals surface area contributed by atoms with Crippen LogP contribution in [0, 0.1) is 5.92 Å². The Hall–Kier alpha value is -1.68. The summed E-state index contributed by atoms with van der Waals surface area (Å²) in [5.41, 5.74) is 2.69. The Balaban J connectivity index is 2.08. The predicted octanol–water partition coefficient (Wildman–Crippen LogP) is 1.32. The van der Waals surface area contributed by atoms with E-state index in [0.717, 1.165) is 30.1 Å². The van der Waals surface area contributed by atoms with E-state index in [9.17, 15) is 4.79 Å². The van der Waals surface area contributed by atoms with Crippen LogP contribution in [0.5, 0.6) is 0 Å². The molecule has 4 heteroatoms. The Morgan fingerprint density at radius 2 is 2.19 bits per heavy atom. The fraction of sp³-hybridized carbons (Fsp3) is 0.333. The molecule has 0 bridgehead atoms. The smallest absolute Gasteiger partial charge is 0.234 e. The lowest BCUT2D eigenvalue weighted by Crippen LogP contribution is -2.42. The van der Waals surface area contributed by atoms with Crippen LogP contribution in [-0.4, -0.2) is 24.7 Å². The number of nitrogens with zero attached hydrogens (tertiary/aromatic N) is 1. The molecule has 2 N–H and O–H groups in total. The largest absolute Gasteiger partial charge is 0.324 e. The molecule has 2 aliphatic heterocycles. The Morgan fingerprint density at radius 3 is 3.12 bits per heavy atom. The standard InChI is InChI=1S/C12H13N3O/c16-12-8-7-13-6-5-9(8)14-10-3-1-2-4-11(10)15-12/h1-4,8,13H,5-7H2,(H,15,16). The first kappa shape index (κ1) is 9.54. The van der Waals surface area contributed by atoms with Crippen molar-refractivity contribution in [3.8, 4) is 0 Å². The monoisotopic (exact) mass is 215 g/mol. The summed E-state index contributed by atoms with van der Waals surface area (Å²) in [5, 5.41) is 6.16. The number of benzene rings is 1. The number of nitrogens with one attached hydrogen (secondary N) is 2. The maximum Gasteiger partial charge on any atom is 0.234 e. The van der Waals surface area contributed by atoms with Gasteiger partial charge in [0.25, 0.3) is 0 Å². The fourth-order valence-corrected chi connectivity index (χ4v) is 2.18. The zero-order valence-corrected chi connectivity index (χ0v) is 8.86. The van der Waals surface area contributed by atoms with Crippen molar-refractivity contribution in [3.05, 3.63) is 24.3 Å². The lowest BCUT2D eigenvalue weighted by atomic mass is 9.96. The Morgan fingerprint density at radius 1 is 1.31 bits per heavy atom. The fourth-order valence-electron chi connectivity index (χ4n) is 2.18. The number of anilines is 1. The van der Waals surface area contributed by atoms with Crippen molar-refractivity contribution in [2.75, 3.05) is 18.4 Å². The maximum absolute atomic E-state index is 12.0. The molecule has 82 valence electrons. The highest BCUT2D eigenvalue weighted by molar-refractivity contribution is 6.13. The first-order valence-corrected chi connectivity index (χ1v) is 5.52. The van der Waals surface area contributed by atoms with Crippen LogP contribution in [-0.2, 0) is 4.79 Å². The number of amides is 1. The van der Waals surface area contributed by atoms with Gasteiger partial charge in [-0.05, 0) is 18.6 Å². The van der Waals surface area contributed by atoms with E-state index in [1.807, 2.05) is 24.3 Å². The summed E-state index contributed by atoms with van der Waals surface area (Å²) in [6.45, 7) is 1.60. The molecule has 1 aromatic rings. The normalized spacial score (nSPS) is 23.6. The number of piperidine rings is 1. The van der Waals surface area contributed by atoms with Crippen LogP contribution < -0.4 is 10.6 Å². The molecule has 1 unspecified atom stereocenters. The average molecular weight is 215 g/mol. The van der Waals surface area contributed by atoms with Crippen LogP contribution in [0.4, 0.5) is 11.4 Å². The van der Waals surface area contributed by atoms with Gasteiger partial charge in [0.2, 0.25) is 5.91 Å². The van der Waals surface area contributed by atoms with E-state index in [4.69, 9.17) is 0 Å². The van der Waals surface area contributed by atoms with Crippen molar-refractivity contribution in [3.63, 3.8) is 0 Å². The van der Waals surface area contributed by atoms with E-state index in [0.29, 0.717) is 6.54 Å². The van der Waals surface area contributed by atoms with Crippen molar-refractivity contribution >= 4 is 23.0 Å². The summed E-state index contributed by atoms with van der Waals surface area (Å²) < 4.78 is 0. The van der Waals surface area contributed by atoms with Gasteiger partial charge in [0.15, 0.2) is 0 Å². The van der Waals surface area contributed by atoms with Crippen LogP contribution in [0.15, 0.2) is 29.3 Å². The van der Waals surface area contributed by atoms with Crippen LogP contribution in [0.3, 0.4) is 0 Å². The van der Waals surface area contributed by atoms with Crippen LogP contribution in [0.1, 0.15) is 6.42 Å². The number of rotatable bonds is 0. The summed E-state index contributed by atoms with van der Waals surface area (Å²) in [6.07, 6.45) is 0.854. The number of carbonyl (C=O) groups is 1. The molecule has 2 aliphatic rings. The van der Waals surface area contributed by atoms with Gasteiger partial charge in [-0.15, -0.1) is 0 Å². The van der Waals surface area contributed by atoms with Crippen LogP contribution in [0.2, 0.25) is 0 Å². The van der Waals surface area contributed by atoms with Gasteiger partial charge < -0.3 is 10.6 Å².